The fourth-order valence-electron chi connectivity index (χ4n) is 0. The zero-order chi connectivity index (χ0) is 2.00. The molecule has 0 radical (unpaired) electrons. The second kappa shape index (κ2) is 47.4. The van der Waals surface area contributed by atoms with Crippen LogP contribution in [-0.2, 0) is 25.9 Å². The minimum Gasteiger partial charge on any atom is -0.307 e. The van der Waals surface area contributed by atoms with E-state index in [0.29, 0.717) is 0 Å². The van der Waals surface area contributed by atoms with Gasteiger partial charge in [-0.05, 0) is 0 Å². The SMILES string of the molecule is C=O.P.[W]. The minimum absolute atomic E-state index is 0. The molecule has 0 heterocycles. The van der Waals surface area contributed by atoms with E-state index in [1.54, 1.807) is 0 Å². The van der Waals surface area contributed by atoms with Gasteiger partial charge in [0, 0.05) is 21.1 Å². The van der Waals surface area contributed by atoms with Crippen LogP contribution in [0.5, 0.6) is 0 Å². The summed E-state index contributed by atoms with van der Waals surface area (Å²) in [6.45, 7) is 2.00. The smallest absolute Gasteiger partial charge is 0.106 e. The number of carbonyl (C=O) groups excluding carboxylic acids is 1. The van der Waals surface area contributed by atoms with Crippen LogP contribution in [0.25, 0.3) is 0 Å². The molecule has 0 bridgehead atoms. The fraction of sp³-hybridized carbons (Fsp3) is 0. The van der Waals surface area contributed by atoms with Gasteiger partial charge >= 0.3 is 0 Å². The first-order valence-corrected chi connectivity index (χ1v) is 0.289. The standard InChI is InChI=1S/CH2O.H3P.W/c1-2;;/h1H2;1H3;. The van der Waals surface area contributed by atoms with Crippen LogP contribution in [0.2, 0.25) is 0 Å². The Balaban J connectivity index is -0.00000000500. The average Bonchev–Trinajstić information content (AvgIpc) is 1.00. The zero-order valence-corrected chi connectivity index (χ0v) is 6.58. The topological polar surface area (TPSA) is 17.1 Å². The minimum atomic E-state index is 0. The summed E-state index contributed by atoms with van der Waals surface area (Å²) in [6.07, 6.45) is 0. The Labute approximate surface area is 43.0 Å². The molecule has 0 amide bonds. The van der Waals surface area contributed by atoms with Crippen LogP contribution < -0.4 is 0 Å². The maximum absolute atomic E-state index is 8.00. The van der Waals surface area contributed by atoms with Gasteiger partial charge in [-0.2, -0.15) is 9.90 Å². The summed E-state index contributed by atoms with van der Waals surface area (Å²) >= 11 is 0. The molecule has 0 aliphatic heterocycles. The molecule has 1 atom stereocenters. The average molecular weight is 248 g/mol. The fourth-order valence-corrected chi connectivity index (χ4v) is 0. The normalized spacial score (nSPS) is 1.00. The molecule has 0 saturated heterocycles. The van der Waals surface area contributed by atoms with Crippen LogP contribution in [0.3, 0.4) is 0 Å². The Morgan fingerprint density at radius 3 is 1.25 bits per heavy atom. The molecular weight excluding hydrogens is 243 g/mol. The molecule has 1 nitrogen and oxygen atoms in total. The van der Waals surface area contributed by atoms with Crippen molar-refractivity contribution in [3.8, 4) is 0 Å². The van der Waals surface area contributed by atoms with Crippen LogP contribution in [0.15, 0.2) is 0 Å². The van der Waals surface area contributed by atoms with E-state index in [1.165, 1.54) is 0 Å². The van der Waals surface area contributed by atoms with E-state index in [-0.39, 0.29) is 31.0 Å². The van der Waals surface area contributed by atoms with E-state index in [2.05, 4.69) is 0 Å². The van der Waals surface area contributed by atoms with Crippen molar-refractivity contribution in [3.63, 3.8) is 0 Å². The summed E-state index contributed by atoms with van der Waals surface area (Å²) in [5.74, 6) is 0. The van der Waals surface area contributed by atoms with Gasteiger partial charge in [0.1, 0.15) is 6.79 Å². The Hall–Kier alpha value is 0.788. The third kappa shape index (κ3) is 14.3. The van der Waals surface area contributed by atoms with Gasteiger partial charge < -0.3 is 4.79 Å². The van der Waals surface area contributed by atoms with Crippen molar-refractivity contribution in [1.82, 2.24) is 0 Å². The molecule has 0 rings (SSSR count). The predicted octanol–water partition coefficient (Wildman–Crippen LogP) is -0.129. The van der Waals surface area contributed by atoms with Crippen molar-refractivity contribution < 1.29 is 25.9 Å². The first-order chi connectivity index (χ1) is 1.00. The molecule has 0 aromatic carbocycles. The van der Waals surface area contributed by atoms with Crippen LogP contribution in [0.4, 0.5) is 0 Å². The number of hydrogen-bond donors (Lipinski definition) is 0. The monoisotopic (exact) mass is 248 g/mol. The maximum Gasteiger partial charge on any atom is 0.106 e. The summed E-state index contributed by atoms with van der Waals surface area (Å²) in [4.78, 5) is 8.00. The summed E-state index contributed by atoms with van der Waals surface area (Å²) in [5.41, 5.74) is 0. The van der Waals surface area contributed by atoms with Crippen molar-refractivity contribution in [1.29, 1.82) is 0 Å². The van der Waals surface area contributed by atoms with Gasteiger partial charge in [-0.3, -0.25) is 0 Å². The molecule has 0 aliphatic rings. The molecular formula is CH5OPW. The van der Waals surface area contributed by atoms with E-state index in [9.17, 15) is 0 Å². The largest absolute Gasteiger partial charge is 0.307 e. The Bertz CT molecular complexity index is 8.00. The van der Waals surface area contributed by atoms with Gasteiger partial charge in [0.2, 0.25) is 0 Å². The van der Waals surface area contributed by atoms with E-state index < -0.39 is 0 Å². The first-order valence-electron chi connectivity index (χ1n) is 0.289. The van der Waals surface area contributed by atoms with E-state index in [1.807, 2.05) is 6.79 Å². The number of hydrogen-bond acceptors (Lipinski definition) is 1. The van der Waals surface area contributed by atoms with Gasteiger partial charge in [0.25, 0.3) is 0 Å². The van der Waals surface area contributed by atoms with Crippen LogP contribution in [0, 0.1) is 0 Å². The molecule has 0 saturated carbocycles. The quantitative estimate of drug-likeness (QED) is 0.546. The van der Waals surface area contributed by atoms with Gasteiger partial charge in [-0.1, -0.05) is 0 Å². The second-order valence-electron chi connectivity index (χ2n) is 0. The summed E-state index contributed by atoms with van der Waals surface area (Å²) < 4.78 is 0. The summed E-state index contributed by atoms with van der Waals surface area (Å²) in [7, 11) is 0. The van der Waals surface area contributed by atoms with Crippen molar-refractivity contribution >= 4 is 16.7 Å². The van der Waals surface area contributed by atoms with Crippen molar-refractivity contribution in [2.24, 2.45) is 0 Å². The number of rotatable bonds is 0. The van der Waals surface area contributed by atoms with E-state index >= 15 is 0 Å². The van der Waals surface area contributed by atoms with Crippen molar-refractivity contribution in [2.75, 3.05) is 0 Å². The third-order valence-electron chi connectivity index (χ3n) is 0. The summed E-state index contributed by atoms with van der Waals surface area (Å²) in [5, 5.41) is 0. The molecule has 1 unspecified atom stereocenters. The van der Waals surface area contributed by atoms with Crippen molar-refractivity contribution in [2.45, 2.75) is 0 Å². The molecule has 0 fully saturated rings. The molecule has 0 spiro atoms. The summed E-state index contributed by atoms with van der Waals surface area (Å²) in [6, 6.07) is 0. The van der Waals surface area contributed by atoms with Crippen LogP contribution in [0.1, 0.15) is 0 Å². The molecule has 0 aromatic heterocycles. The predicted molar refractivity (Wildman–Crippen MR) is 18.2 cm³/mol. The van der Waals surface area contributed by atoms with E-state index in [0.717, 1.165) is 0 Å². The third-order valence-corrected chi connectivity index (χ3v) is 0. The van der Waals surface area contributed by atoms with Gasteiger partial charge in [0.15, 0.2) is 0 Å². The molecule has 26 valence electrons. The molecule has 3 heteroatoms. The van der Waals surface area contributed by atoms with Gasteiger partial charge in [-0.25, -0.2) is 0 Å². The van der Waals surface area contributed by atoms with Crippen LogP contribution >= 0.6 is 9.90 Å². The molecule has 4 heavy (non-hydrogen) atoms. The van der Waals surface area contributed by atoms with Gasteiger partial charge in [0.05, 0.1) is 0 Å². The van der Waals surface area contributed by atoms with E-state index in [4.69, 9.17) is 4.79 Å². The first kappa shape index (κ1) is 21.5. The Kier molecular flexibility index (Phi) is 255. The van der Waals surface area contributed by atoms with Crippen LogP contribution in [-0.4, -0.2) is 6.79 Å². The Morgan fingerprint density at radius 2 is 1.25 bits per heavy atom. The second-order valence-corrected chi connectivity index (χ2v) is 0. The molecule has 0 N–H and O–H groups in total. The van der Waals surface area contributed by atoms with Crippen molar-refractivity contribution in [3.05, 3.63) is 0 Å². The molecule has 0 aromatic rings. The zero-order valence-electron chi connectivity index (χ0n) is 2.23. The number of carbonyl (C=O) groups is 1. The molecule has 0 aliphatic carbocycles. The van der Waals surface area contributed by atoms with Gasteiger partial charge in [-0.15, -0.1) is 0 Å². The Morgan fingerprint density at radius 1 is 1.25 bits per heavy atom. The maximum atomic E-state index is 8.00.